The van der Waals surface area contributed by atoms with E-state index >= 15 is 0 Å². The average molecular weight is 424 g/mol. The van der Waals surface area contributed by atoms with Crippen molar-refractivity contribution in [1.29, 1.82) is 0 Å². The quantitative estimate of drug-likeness (QED) is 0.301. The first-order chi connectivity index (χ1) is 16.4. The number of para-hydroxylation sites is 3. The molecule has 0 saturated heterocycles. The molecule has 1 aromatic heterocycles. The molecule has 0 saturated carbocycles. The number of hydrogen-bond donors (Lipinski definition) is 1. The number of rotatable bonds is 2. The highest BCUT2D eigenvalue weighted by Gasteiger charge is 2.45. The largest absolute Gasteiger partial charge is 0.457 e. The summed E-state index contributed by atoms with van der Waals surface area (Å²) < 4.78 is 6.40. The molecular weight excluding hydrogens is 402 g/mol. The number of benzene rings is 5. The second kappa shape index (κ2) is 6.85. The molecule has 2 nitrogen and oxygen atoms in total. The topological polar surface area (TPSA) is 25.0 Å². The summed E-state index contributed by atoms with van der Waals surface area (Å²) >= 11 is 0. The van der Waals surface area contributed by atoms with Crippen LogP contribution in [0, 0.1) is 0 Å². The second-order valence-corrected chi connectivity index (χ2v) is 8.64. The Balaban J connectivity index is 1.63. The van der Waals surface area contributed by atoms with Crippen molar-refractivity contribution in [2.45, 2.75) is 5.41 Å². The highest BCUT2D eigenvalue weighted by Crippen LogP contribution is 2.55. The molecule has 0 unspecified atom stereocenters. The summed E-state index contributed by atoms with van der Waals surface area (Å²) in [5.41, 5.74) is 6.57. The third-order valence-electron chi connectivity index (χ3n) is 6.95. The van der Waals surface area contributed by atoms with Gasteiger partial charge in [-0.1, -0.05) is 97.1 Å². The van der Waals surface area contributed by atoms with E-state index in [1.54, 1.807) is 0 Å². The number of hydrogen-bond acceptors (Lipinski definition) is 1. The van der Waals surface area contributed by atoms with Crippen molar-refractivity contribution in [2.75, 3.05) is 0 Å². The molecular formula is C31H21NO. The molecule has 2 heteroatoms. The number of nitrogens with one attached hydrogen (secondary N) is 1. The minimum atomic E-state index is -0.488. The summed E-state index contributed by atoms with van der Waals surface area (Å²) in [4.78, 5) is 3.64. The first kappa shape index (κ1) is 18.3. The molecule has 0 atom stereocenters. The summed E-state index contributed by atoms with van der Waals surface area (Å²) in [6.45, 7) is 0. The normalized spacial score (nSPS) is 13.9. The van der Waals surface area contributed by atoms with Crippen molar-refractivity contribution in [1.82, 2.24) is 4.98 Å². The van der Waals surface area contributed by atoms with Gasteiger partial charge in [0.25, 0.3) is 0 Å². The Labute approximate surface area is 192 Å². The van der Waals surface area contributed by atoms with E-state index in [1.165, 1.54) is 21.9 Å². The van der Waals surface area contributed by atoms with Gasteiger partial charge in [-0.3, -0.25) is 0 Å². The van der Waals surface area contributed by atoms with Crippen LogP contribution >= 0.6 is 0 Å². The third-order valence-corrected chi connectivity index (χ3v) is 6.95. The summed E-state index contributed by atoms with van der Waals surface area (Å²) in [6, 6.07) is 43.0. The van der Waals surface area contributed by atoms with Gasteiger partial charge in [0.05, 0.1) is 5.41 Å². The van der Waals surface area contributed by atoms with Crippen LogP contribution in [0.4, 0.5) is 0 Å². The van der Waals surface area contributed by atoms with E-state index in [1.807, 2.05) is 12.1 Å². The van der Waals surface area contributed by atoms with Gasteiger partial charge in [0.2, 0.25) is 0 Å². The molecule has 0 amide bonds. The SMILES string of the molecule is c1ccc(C2(c3ccc4c(c3)[nH]c3ccccc34)c3ccccc3Oc3ccccc32)cc1. The van der Waals surface area contributed by atoms with Crippen LogP contribution in [0.15, 0.2) is 121 Å². The van der Waals surface area contributed by atoms with Gasteiger partial charge >= 0.3 is 0 Å². The van der Waals surface area contributed by atoms with Crippen molar-refractivity contribution in [3.8, 4) is 11.5 Å². The molecule has 0 fully saturated rings. The van der Waals surface area contributed by atoms with Crippen LogP contribution in [0.2, 0.25) is 0 Å². The summed E-state index contributed by atoms with van der Waals surface area (Å²) in [5, 5.41) is 2.49. The van der Waals surface area contributed by atoms with Crippen LogP contribution in [0.1, 0.15) is 22.3 Å². The van der Waals surface area contributed by atoms with Gasteiger partial charge in [-0.15, -0.1) is 0 Å². The van der Waals surface area contributed by atoms with E-state index < -0.39 is 5.41 Å². The lowest BCUT2D eigenvalue weighted by Crippen LogP contribution is -2.34. The Morgan fingerprint density at radius 3 is 1.85 bits per heavy atom. The molecule has 1 N–H and O–H groups in total. The zero-order chi connectivity index (χ0) is 21.8. The molecule has 0 spiro atoms. The van der Waals surface area contributed by atoms with Gasteiger partial charge < -0.3 is 9.72 Å². The van der Waals surface area contributed by atoms with Gasteiger partial charge in [0.15, 0.2) is 0 Å². The Bertz CT molecular complexity index is 1600. The Hall–Kier alpha value is -4.30. The highest BCUT2D eigenvalue weighted by molar-refractivity contribution is 6.07. The fraction of sp³-hybridized carbons (Fsp3) is 0.0323. The van der Waals surface area contributed by atoms with E-state index in [9.17, 15) is 0 Å². The van der Waals surface area contributed by atoms with E-state index in [4.69, 9.17) is 4.74 Å². The van der Waals surface area contributed by atoms with E-state index in [2.05, 4.69) is 114 Å². The van der Waals surface area contributed by atoms with Gasteiger partial charge in [0, 0.05) is 32.9 Å². The van der Waals surface area contributed by atoms with Crippen LogP contribution in [0.5, 0.6) is 11.5 Å². The maximum absolute atomic E-state index is 6.40. The molecule has 0 aliphatic carbocycles. The van der Waals surface area contributed by atoms with Crippen molar-refractivity contribution in [3.05, 3.63) is 144 Å². The maximum Gasteiger partial charge on any atom is 0.132 e. The molecule has 33 heavy (non-hydrogen) atoms. The Morgan fingerprint density at radius 1 is 0.485 bits per heavy atom. The lowest BCUT2D eigenvalue weighted by atomic mass is 9.63. The highest BCUT2D eigenvalue weighted by atomic mass is 16.5. The lowest BCUT2D eigenvalue weighted by molar-refractivity contribution is 0.434. The van der Waals surface area contributed by atoms with Crippen molar-refractivity contribution in [2.24, 2.45) is 0 Å². The van der Waals surface area contributed by atoms with Gasteiger partial charge in [0.1, 0.15) is 11.5 Å². The standard InChI is InChI=1S/C31H21NO/c1-2-10-21(11-3-1)31(22-18-19-24-23-12-4-7-15-27(23)32-28(24)20-22)25-13-5-8-16-29(25)33-30-17-9-6-14-26(30)31/h1-20,32H. The summed E-state index contributed by atoms with van der Waals surface area (Å²) in [6.07, 6.45) is 0. The molecule has 2 heterocycles. The first-order valence-electron chi connectivity index (χ1n) is 11.3. The average Bonchev–Trinajstić information content (AvgIpc) is 3.26. The van der Waals surface area contributed by atoms with Gasteiger partial charge in [-0.25, -0.2) is 0 Å². The molecule has 7 rings (SSSR count). The van der Waals surface area contributed by atoms with E-state index in [-0.39, 0.29) is 0 Å². The zero-order valence-corrected chi connectivity index (χ0v) is 18.0. The van der Waals surface area contributed by atoms with Crippen LogP contribution in [-0.2, 0) is 5.41 Å². The predicted octanol–water partition coefficient (Wildman–Crippen LogP) is 7.81. The van der Waals surface area contributed by atoms with Crippen LogP contribution in [0.3, 0.4) is 0 Å². The monoisotopic (exact) mass is 423 g/mol. The fourth-order valence-electron chi connectivity index (χ4n) is 5.56. The minimum Gasteiger partial charge on any atom is -0.457 e. The maximum atomic E-state index is 6.40. The molecule has 1 aliphatic rings. The molecule has 0 bridgehead atoms. The van der Waals surface area contributed by atoms with Gasteiger partial charge in [-0.2, -0.15) is 0 Å². The van der Waals surface area contributed by atoms with Gasteiger partial charge in [-0.05, 0) is 35.4 Å². The van der Waals surface area contributed by atoms with Crippen molar-refractivity contribution >= 4 is 21.8 Å². The van der Waals surface area contributed by atoms with Crippen LogP contribution < -0.4 is 4.74 Å². The van der Waals surface area contributed by atoms with Crippen LogP contribution in [-0.4, -0.2) is 4.98 Å². The summed E-state index contributed by atoms with van der Waals surface area (Å²) in [5.74, 6) is 1.80. The van der Waals surface area contributed by atoms with Crippen LogP contribution in [0.25, 0.3) is 21.8 Å². The number of fused-ring (bicyclic) bond motifs is 5. The van der Waals surface area contributed by atoms with E-state index in [0.29, 0.717) is 0 Å². The third kappa shape index (κ3) is 2.49. The smallest absolute Gasteiger partial charge is 0.132 e. The Morgan fingerprint density at radius 2 is 1.09 bits per heavy atom. The first-order valence-corrected chi connectivity index (χ1v) is 11.3. The number of H-pyrrole nitrogens is 1. The lowest BCUT2D eigenvalue weighted by Gasteiger charge is -2.41. The number of ether oxygens (including phenoxy) is 1. The zero-order valence-electron chi connectivity index (χ0n) is 18.0. The Kier molecular flexibility index (Phi) is 3.80. The van der Waals surface area contributed by atoms with Crippen molar-refractivity contribution in [3.63, 3.8) is 0 Å². The molecule has 6 aromatic rings. The molecule has 0 radical (unpaired) electrons. The molecule has 1 aliphatic heterocycles. The number of aromatic amines is 1. The molecule has 5 aromatic carbocycles. The van der Waals surface area contributed by atoms with Crippen molar-refractivity contribution < 1.29 is 4.74 Å². The fourth-order valence-corrected chi connectivity index (χ4v) is 5.56. The number of aromatic nitrogens is 1. The second-order valence-electron chi connectivity index (χ2n) is 8.64. The minimum absolute atomic E-state index is 0.488. The summed E-state index contributed by atoms with van der Waals surface area (Å²) in [7, 11) is 0. The van der Waals surface area contributed by atoms with E-state index in [0.717, 1.165) is 33.7 Å². The molecule has 156 valence electrons. The predicted molar refractivity (Wildman–Crippen MR) is 134 cm³/mol.